The molecule has 0 fully saturated rings. The van der Waals surface area contributed by atoms with Gasteiger partial charge in [-0.05, 0) is 27.4 Å². The fraction of sp³-hybridized carbons (Fsp3) is 0.667. The van der Waals surface area contributed by atoms with Crippen LogP contribution in [-0.4, -0.2) is 47.3 Å². The molecule has 1 heterocycles. The van der Waals surface area contributed by atoms with Gasteiger partial charge in [0, 0.05) is 31.3 Å². The highest BCUT2D eigenvalue weighted by atomic mass is 16.1. The average molecular weight is 253 g/mol. The number of nitrogens with two attached hydrogens (primary N) is 1. The fourth-order valence-electron chi connectivity index (χ4n) is 1.42. The number of nitrogens with zero attached hydrogens (tertiary/aromatic N) is 3. The van der Waals surface area contributed by atoms with E-state index < -0.39 is 0 Å². The van der Waals surface area contributed by atoms with Crippen LogP contribution in [0.5, 0.6) is 0 Å². The molecule has 1 atom stereocenters. The SMILES string of the molecule is CC(N)CCC(=O)Nc1ccn(CCN(C)C)n1. The van der Waals surface area contributed by atoms with Gasteiger partial charge in [0.15, 0.2) is 5.82 Å². The largest absolute Gasteiger partial charge is 0.328 e. The van der Waals surface area contributed by atoms with Gasteiger partial charge < -0.3 is 16.0 Å². The quantitative estimate of drug-likeness (QED) is 0.742. The van der Waals surface area contributed by atoms with Crippen LogP contribution in [-0.2, 0) is 11.3 Å². The molecule has 3 N–H and O–H groups in total. The summed E-state index contributed by atoms with van der Waals surface area (Å²) in [6.45, 7) is 3.62. The molecule has 0 bridgehead atoms. The Morgan fingerprint density at radius 2 is 2.33 bits per heavy atom. The van der Waals surface area contributed by atoms with E-state index in [0.717, 1.165) is 13.1 Å². The fourth-order valence-corrected chi connectivity index (χ4v) is 1.42. The Hall–Kier alpha value is -1.40. The second kappa shape index (κ2) is 7.13. The molecule has 0 spiro atoms. The number of aromatic nitrogens is 2. The van der Waals surface area contributed by atoms with Crippen molar-refractivity contribution in [1.82, 2.24) is 14.7 Å². The van der Waals surface area contributed by atoms with Crippen LogP contribution in [0.2, 0.25) is 0 Å². The van der Waals surface area contributed by atoms with Crippen molar-refractivity contribution in [1.29, 1.82) is 0 Å². The van der Waals surface area contributed by atoms with Gasteiger partial charge in [0.2, 0.25) is 5.91 Å². The minimum absolute atomic E-state index is 0.0369. The van der Waals surface area contributed by atoms with Crippen molar-refractivity contribution in [2.45, 2.75) is 32.4 Å². The standard InChI is InChI=1S/C12H23N5O/c1-10(13)4-5-12(18)14-11-6-7-17(15-11)9-8-16(2)3/h6-7,10H,4-5,8-9,13H2,1-3H3,(H,14,15,18). The zero-order chi connectivity index (χ0) is 13.5. The van der Waals surface area contributed by atoms with Gasteiger partial charge in [0.1, 0.15) is 0 Å². The maximum atomic E-state index is 11.6. The third-order valence-electron chi connectivity index (χ3n) is 2.51. The zero-order valence-corrected chi connectivity index (χ0v) is 11.4. The number of likely N-dealkylation sites (N-methyl/N-ethyl adjacent to an activating group) is 1. The summed E-state index contributed by atoms with van der Waals surface area (Å²) in [5.41, 5.74) is 5.60. The Morgan fingerprint density at radius 3 is 2.94 bits per heavy atom. The molecule has 102 valence electrons. The molecule has 0 saturated heterocycles. The number of anilines is 1. The third-order valence-corrected chi connectivity index (χ3v) is 2.51. The molecule has 6 heteroatoms. The molecule has 0 aromatic carbocycles. The number of amides is 1. The Morgan fingerprint density at radius 1 is 1.61 bits per heavy atom. The number of nitrogens with one attached hydrogen (secondary N) is 1. The molecule has 1 aromatic rings. The van der Waals surface area contributed by atoms with Crippen LogP contribution in [0, 0.1) is 0 Å². The molecule has 1 amide bonds. The first-order valence-electron chi connectivity index (χ1n) is 6.21. The second-order valence-electron chi connectivity index (χ2n) is 4.83. The molecule has 0 radical (unpaired) electrons. The molecule has 0 aliphatic carbocycles. The van der Waals surface area contributed by atoms with Crippen molar-refractivity contribution in [2.24, 2.45) is 5.73 Å². The van der Waals surface area contributed by atoms with Gasteiger partial charge in [0.25, 0.3) is 0 Å². The molecule has 1 aromatic heterocycles. The minimum atomic E-state index is -0.0369. The number of carbonyl (C=O) groups is 1. The van der Waals surface area contributed by atoms with Gasteiger partial charge in [-0.15, -0.1) is 0 Å². The summed E-state index contributed by atoms with van der Waals surface area (Å²) < 4.78 is 1.82. The second-order valence-corrected chi connectivity index (χ2v) is 4.83. The molecule has 0 saturated carbocycles. The topological polar surface area (TPSA) is 76.2 Å². The molecule has 6 nitrogen and oxygen atoms in total. The van der Waals surface area contributed by atoms with Crippen LogP contribution in [0.1, 0.15) is 19.8 Å². The Balaban J connectivity index is 2.36. The summed E-state index contributed by atoms with van der Waals surface area (Å²) in [5, 5.41) is 7.04. The number of carbonyl (C=O) groups excluding carboxylic acids is 1. The van der Waals surface area contributed by atoms with E-state index in [1.54, 1.807) is 6.07 Å². The number of hydrogen-bond donors (Lipinski definition) is 2. The molecular formula is C12H23N5O. The normalized spacial score (nSPS) is 12.7. The van der Waals surface area contributed by atoms with Gasteiger partial charge >= 0.3 is 0 Å². The highest BCUT2D eigenvalue weighted by Crippen LogP contribution is 2.04. The molecule has 1 unspecified atom stereocenters. The molecule has 18 heavy (non-hydrogen) atoms. The van der Waals surface area contributed by atoms with Crippen molar-refractivity contribution >= 4 is 11.7 Å². The lowest BCUT2D eigenvalue weighted by Crippen LogP contribution is -2.20. The molecule has 0 aliphatic heterocycles. The van der Waals surface area contributed by atoms with Crippen LogP contribution >= 0.6 is 0 Å². The first-order chi connectivity index (χ1) is 8.47. The Kier molecular flexibility index (Phi) is 5.80. The van der Waals surface area contributed by atoms with Gasteiger partial charge in [-0.25, -0.2) is 0 Å². The summed E-state index contributed by atoms with van der Waals surface area (Å²) in [5.74, 6) is 0.564. The van der Waals surface area contributed by atoms with E-state index >= 15 is 0 Å². The summed E-state index contributed by atoms with van der Waals surface area (Å²) in [4.78, 5) is 13.7. The maximum Gasteiger partial charge on any atom is 0.225 e. The van der Waals surface area contributed by atoms with Gasteiger partial charge in [-0.2, -0.15) is 5.10 Å². The van der Waals surface area contributed by atoms with Crippen LogP contribution in [0.25, 0.3) is 0 Å². The summed E-state index contributed by atoms with van der Waals surface area (Å²) in [7, 11) is 4.03. The van der Waals surface area contributed by atoms with Crippen molar-refractivity contribution in [2.75, 3.05) is 26.0 Å². The van der Waals surface area contributed by atoms with E-state index in [1.807, 2.05) is 31.9 Å². The summed E-state index contributed by atoms with van der Waals surface area (Å²) >= 11 is 0. The average Bonchev–Trinajstić information content (AvgIpc) is 2.71. The molecular weight excluding hydrogens is 230 g/mol. The van der Waals surface area contributed by atoms with E-state index in [2.05, 4.69) is 15.3 Å². The van der Waals surface area contributed by atoms with Crippen molar-refractivity contribution in [3.63, 3.8) is 0 Å². The van der Waals surface area contributed by atoms with E-state index in [-0.39, 0.29) is 11.9 Å². The smallest absolute Gasteiger partial charge is 0.225 e. The first kappa shape index (κ1) is 14.7. The zero-order valence-electron chi connectivity index (χ0n) is 11.4. The highest BCUT2D eigenvalue weighted by Gasteiger charge is 2.06. The van der Waals surface area contributed by atoms with Gasteiger partial charge in [0.05, 0.1) is 6.54 Å². The number of rotatable bonds is 7. The van der Waals surface area contributed by atoms with Crippen molar-refractivity contribution in [3.8, 4) is 0 Å². The lowest BCUT2D eigenvalue weighted by Gasteiger charge is -2.08. The predicted octanol–water partition coefficient (Wildman–Crippen LogP) is 0.511. The molecule has 0 aliphatic rings. The monoisotopic (exact) mass is 253 g/mol. The van der Waals surface area contributed by atoms with E-state index in [1.165, 1.54) is 0 Å². The lowest BCUT2D eigenvalue weighted by atomic mass is 10.2. The summed E-state index contributed by atoms with van der Waals surface area (Å²) in [6.07, 6.45) is 2.99. The predicted molar refractivity (Wildman–Crippen MR) is 72.3 cm³/mol. The lowest BCUT2D eigenvalue weighted by molar-refractivity contribution is -0.116. The highest BCUT2D eigenvalue weighted by molar-refractivity contribution is 5.89. The van der Waals surface area contributed by atoms with Crippen molar-refractivity contribution in [3.05, 3.63) is 12.3 Å². The Labute approximate surface area is 108 Å². The Bertz CT molecular complexity index is 372. The summed E-state index contributed by atoms with van der Waals surface area (Å²) in [6, 6.07) is 1.85. The van der Waals surface area contributed by atoms with E-state index in [4.69, 9.17) is 5.73 Å². The number of hydrogen-bond acceptors (Lipinski definition) is 4. The minimum Gasteiger partial charge on any atom is -0.328 e. The van der Waals surface area contributed by atoms with Crippen molar-refractivity contribution < 1.29 is 4.79 Å². The van der Waals surface area contributed by atoms with Gasteiger partial charge in [-0.3, -0.25) is 9.48 Å². The first-order valence-corrected chi connectivity index (χ1v) is 6.21. The third kappa shape index (κ3) is 5.79. The van der Waals surface area contributed by atoms with E-state index in [0.29, 0.717) is 18.7 Å². The van der Waals surface area contributed by atoms with Crippen LogP contribution in [0.3, 0.4) is 0 Å². The van der Waals surface area contributed by atoms with Crippen LogP contribution in [0.15, 0.2) is 12.3 Å². The molecule has 1 rings (SSSR count). The van der Waals surface area contributed by atoms with Crippen LogP contribution in [0.4, 0.5) is 5.82 Å². The van der Waals surface area contributed by atoms with Crippen LogP contribution < -0.4 is 11.1 Å². The van der Waals surface area contributed by atoms with E-state index in [9.17, 15) is 4.79 Å². The maximum absolute atomic E-state index is 11.6. The van der Waals surface area contributed by atoms with Gasteiger partial charge in [-0.1, -0.05) is 0 Å².